The van der Waals surface area contributed by atoms with Crippen molar-refractivity contribution in [1.29, 1.82) is 0 Å². The molecule has 2 aromatic rings. The zero-order valence-corrected chi connectivity index (χ0v) is 12.7. The molecule has 2 aromatic carbocycles. The Morgan fingerprint density at radius 1 is 1.05 bits per heavy atom. The lowest BCUT2D eigenvalue weighted by atomic mass is 10.1. The van der Waals surface area contributed by atoms with Crippen molar-refractivity contribution in [3.05, 3.63) is 42.5 Å². The first-order valence-electron chi connectivity index (χ1n) is 7.18. The van der Waals surface area contributed by atoms with Gasteiger partial charge in [-0.25, -0.2) is 0 Å². The highest BCUT2D eigenvalue weighted by Gasteiger charge is 2.06. The summed E-state index contributed by atoms with van der Waals surface area (Å²) in [6.45, 7) is 5.50. The van der Waals surface area contributed by atoms with E-state index in [0.29, 0.717) is 6.04 Å². The molecule has 0 aliphatic carbocycles. The molecule has 0 aliphatic heterocycles. The molecule has 1 unspecified atom stereocenters. The molecule has 0 heterocycles. The summed E-state index contributed by atoms with van der Waals surface area (Å²) in [6.07, 6.45) is 2.50. The van der Waals surface area contributed by atoms with Crippen LogP contribution in [0.1, 0.15) is 26.7 Å². The van der Waals surface area contributed by atoms with E-state index < -0.39 is 0 Å². The number of benzene rings is 2. The highest BCUT2D eigenvalue weighted by molar-refractivity contribution is 7.99. The molecule has 19 heavy (non-hydrogen) atoms. The minimum Gasteiger partial charge on any atom is -0.313 e. The van der Waals surface area contributed by atoms with Crippen LogP contribution in [0, 0.1) is 0 Å². The van der Waals surface area contributed by atoms with Gasteiger partial charge in [0.15, 0.2) is 0 Å². The van der Waals surface area contributed by atoms with Crippen LogP contribution in [0.5, 0.6) is 0 Å². The Morgan fingerprint density at radius 2 is 1.84 bits per heavy atom. The van der Waals surface area contributed by atoms with Crippen LogP contribution < -0.4 is 5.32 Å². The van der Waals surface area contributed by atoms with E-state index in [1.54, 1.807) is 0 Å². The summed E-state index contributed by atoms with van der Waals surface area (Å²) in [5.74, 6) is 1.15. The fourth-order valence-corrected chi connectivity index (χ4v) is 3.39. The second-order valence-electron chi connectivity index (χ2n) is 4.86. The lowest BCUT2D eigenvalue weighted by molar-refractivity contribution is 0.531. The normalized spacial score (nSPS) is 12.7. The van der Waals surface area contributed by atoms with Gasteiger partial charge in [0.1, 0.15) is 0 Å². The molecule has 0 spiro atoms. The summed E-state index contributed by atoms with van der Waals surface area (Å²) < 4.78 is 0. The summed E-state index contributed by atoms with van der Waals surface area (Å²) >= 11 is 1.96. The van der Waals surface area contributed by atoms with Gasteiger partial charge in [0.05, 0.1) is 0 Å². The molecular formula is C17H23NS. The summed E-state index contributed by atoms with van der Waals surface area (Å²) in [5.41, 5.74) is 0. The zero-order valence-electron chi connectivity index (χ0n) is 11.9. The van der Waals surface area contributed by atoms with Gasteiger partial charge >= 0.3 is 0 Å². The average molecular weight is 273 g/mol. The maximum atomic E-state index is 3.57. The third-order valence-corrected chi connectivity index (χ3v) is 4.46. The second-order valence-corrected chi connectivity index (χ2v) is 5.96. The van der Waals surface area contributed by atoms with E-state index in [2.05, 4.69) is 61.6 Å². The SMILES string of the molecule is CCCC(CSc1ccc2ccccc2c1)NCC. The van der Waals surface area contributed by atoms with Crippen molar-refractivity contribution in [1.82, 2.24) is 5.32 Å². The topological polar surface area (TPSA) is 12.0 Å². The Bertz CT molecular complexity index is 503. The molecule has 0 saturated heterocycles. The highest BCUT2D eigenvalue weighted by Crippen LogP contribution is 2.24. The van der Waals surface area contributed by atoms with Crippen molar-refractivity contribution in [2.24, 2.45) is 0 Å². The lowest BCUT2D eigenvalue weighted by Crippen LogP contribution is -2.30. The highest BCUT2D eigenvalue weighted by atomic mass is 32.2. The molecule has 1 atom stereocenters. The van der Waals surface area contributed by atoms with Gasteiger partial charge in [-0.1, -0.05) is 50.6 Å². The standard InChI is InChI=1S/C17H23NS/c1-3-7-16(18-4-2)13-19-17-11-10-14-8-5-6-9-15(14)12-17/h5-6,8-12,16,18H,3-4,7,13H2,1-2H3. The fourth-order valence-electron chi connectivity index (χ4n) is 2.34. The first-order chi connectivity index (χ1) is 9.33. The Hall–Kier alpha value is -0.990. The molecule has 0 aliphatic rings. The minimum atomic E-state index is 0.631. The molecule has 0 fully saturated rings. The van der Waals surface area contributed by atoms with Crippen LogP contribution in [-0.4, -0.2) is 18.3 Å². The van der Waals surface area contributed by atoms with E-state index >= 15 is 0 Å². The summed E-state index contributed by atoms with van der Waals surface area (Å²) in [4.78, 5) is 1.37. The average Bonchev–Trinajstić information content (AvgIpc) is 2.45. The minimum absolute atomic E-state index is 0.631. The molecule has 0 radical (unpaired) electrons. The van der Waals surface area contributed by atoms with Crippen LogP contribution in [0.2, 0.25) is 0 Å². The number of fused-ring (bicyclic) bond motifs is 1. The van der Waals surface area contributed by atoms with Gasteiger partial charge < -0.3 is 5.32 Å². The maximum Gasteiger partial charge on any atom is 0.0161 e. The number of thioether (sulfide) groups is 1. The van der Waals surface area contributed by atoms with Crippen LogP contribution in [0.3, 0.4) is 0 Å². The van der Waals surface area contributed by atoms with Gasteiger partial charge in [0, 0.05) is 16.7 Å². The fraction of sp³-hybridized carbons (Fsp3) is 0.412. The van der Waals surface area contributed by atoms with E-state index in [9.17, 15) is 0 Å². The molecule has 2 rings (SSSR count). The first kappa shape index (κ1) is 14.4. The van der Waals surface area contributed by atoms with Gasteiger partial charge in [-0.05, 0) is 35.9 Å². The molecule has 0 aromatic heterocycles. The molecule has 2 heteroatoms. The quantitative estimate of drug-likeness (QED) is 0.733. The molecular weight excluding hydrogens is 250 g/mol. The number of nitrogens with one attached hydrogen (secondary N) is 1. The monoisotopic (exact) mass is 273 g/mol. The van der Waals surface area contributed by atoms with Gasteiger partial charge in [-0.15, -0.1) is 11.8 Å². The number of hydrogen-bond donors (Lipinski definition) is 1. The Kier molecular flexibility index (Phi) is 5.74. The van der Waals surface area contributed by atoms with Crippen LogP contribution >= 0.6 is 11.8 Å². The second kappa shape index (κ2) is 7.56. The first-order valence-corrected chi connectivity index (χ1v) is 8.17. The Balaban J connectivity index is 2.00. The molecule has 102 valence electrons. The molecule has 0 saturated carbocycles. The van der Waals surface area contributed by atoms with Crippen molar-refractivity contribution in [3.8, 4) is 0 Å². The van der Waals surface area contributed by atoms with Crippen molar-refractivity contribution in [2.45, 2.75) is 37.6 Å². The van der Waals surface area contributed by atoms with Crippen LogP contribution in [0.25, 0.3) is 10.8 Å². The summed E-state index contributed by atoms with van der Waals surface area (Å²) in [5, 5.41) is 6.23. The van der Waals surface area contributed by atoms with Gasteiger partial charge in [0.25, 0.3) is 0 Å². The third-order valence-electron chi connectivity index (χ3n) is 3.30. The predicted molar refractivity (Wildman–Crippen MR) is 87.0 cm³/mol. The van der Waals surface area contributed by atoms with Gasteiger partial charge in [-0.3, -0.25) is 0 Å². The maximum absolute atomic E-state index is 3.57. The van der Waals surface area contributed by atoms with Crippen LogP contribution in [0.15, 0.2) is 47.4 Å². The molecule has 0 bridgehead atoms. The molecule has 1 nitrogen and oxygen atoms in total. The van der Waals surface area contributed by atoms with Crippen molar-refractivity contribution in [3.63, 3.8) is 0 Å². The Morgan fingerprint density at radius 3 is 2.58 bits per heavy atom. The summed E-state index contributed by atoms with van der Waals surface area (Å²) in [7, 11) is 0. The largest absolute Gasteiger partial charge is 0.313 e. The van der Waals surface area contributed by atoms with Crippen molar-refractivity contribution < 1.29 is 0 Å². The lowest BCUT2D eigenvalue weighted by Gasteiger charge is -2.16. The zero-order chi connectivity index (χ0) is 13.5. The predicted octanol–water partition coefficient (Wildman–Crippen LogP) is 4.71. The number of hydrogen-bond acceptors (Lipinski definition) is 2. The van der Waals surface area contributed by atoms with E-state index in [1.807, 2.05) is 11.8 Å². The van der Waals surface area contributed by atoms with Gasteiger partial charge in [-0.2, -0.15) is 0 Å². The molecule has 0 amide bonds. The number of rotatable bonds is 7. The van der Waals surface area contributed by atoms with Crippen LogP contribution in [-0.2, 0) is 0 Å². The van der Waals surface area contributed by atoms with E-state index in [1.165, 1.54) is 28.5 Å². The van der Waals surface area contributed by atoms with Crippen molar-refractivity contribution in [2.75, 3.05) is 12.3 Å². The van der Waals surface area contributed by atoms with E-state index in [-0.39, 0.29) is 0 Å². The third kappa shape index (κ3) is 4.26. The van der Waals surface area contributed by atoms with Crippen LogP contribution in [0.4, 0.5) is 0 Å². The van der Waals surface area contributed by atoms with Gasteiger partial charge in [0.2, 0.25) is 0 Å². The molecule has 1 N–H and O–H groups in total. The van der Waals surface area contributed by atoms with E-state index in [4.69, 9.17) is 0 Å². The Labute approximate surface area is 120 Å². The summed E-state index contributed by atoms with van der Waals surface area (Å²) in [6, 6.07) is 15.9. The van der Waals surface area contributed by atoms with Crippen molar-refractivity contribution >= 4 is 22.5 Å². The van der Waals surface area contributed by atoms with E-state index in [0.717, 1.165) is 12.3 Å². The smallest absolute Gasteiger partial charge is 0.0161 e.